The Labute approximate surface area is 116 Å². The summed E-state index contributed by atoms with van der Waals surface area (Å²) in [4.78, 5) is 24.6. The monoisotopic (exact) mass is 282 g/mol. The van der Waals surface area contributed by atoms with Crippen LogP contribution in [0.1, 0.15) is 29.6 Å². The fraction of sp³-hybridized carbons (Fsp3) is 0.462. The Balaban J connectivity index is 2.28. The molecule has 0 spiro atoms. The number of carbonyl (C=O) groups excluding carboxylic acids is 1. The molecule has 0 unspecified atom stereocenters. The van der Waals surface area contributed by atoms with E-state index < -0.39 is 4.92 Å². The standard InChI is InChI=1S/C13H15ClN2O3/c14-8-9-15(10-4-3-5-10)13(17)11-6-1-2-7-12(11)16(18)19/h1-2,6-7,10H,3-5,8-9H2. The van der Waals surface area contributed by atoms with Gasteiger partial charge in [0.1, 0.15) is 5.56 Å². The number of amides is 1. The molecule has 19 heavy (non-hydrogen) atoms. The van der Waals surface area contributed by atoms with Crippen molar-refractivity contribution < 1.29 is 9.72 Å². The van der Waals surface area contributed by atoms with Crippen molar-refractivity contribution >= 4 is 23.2 Å². The van der Waals surface area contributed by atoms with Gasteiger partial charge in [-0.25, -0.2) is 0 Å². The van der Waals surface area contributed by atoms with Crippen LogP contribution in [0.5, 0.6) is 0 Å². The topological polar surface area (TPSA) is 63.4 Å². The highest BCUT2D eigenvalue weighted by molar-refractivity contribution is 6.18. The minimum absolute atomic E-state index is 0.143. The summed E-state index contributed by atoms with van der Waals surface area (Å²) >= 11 is 5.73. The van der Waals surface area contributed by atoms with E-state index in [2.05, 4.69) is 0 Å². The van der Waals surface area contributed by atoms with Gasteiger partial charge in [-0.15, -0.1) is 11.6 Å². The summed E-state index contributed by atoms with van der Waals surface area (Å²) < 4.78 is 0. The number of hydrogen-bond acceptors (Lipinski definition) is 3. The highest BCUT2D eigenvalue weighted by Gasteiger charge is 2.31. The molecule has 1 aromatic rings. The lowest BCUT2D eigenvalue weighted by atomic mass is 9.91. The molecule has 1 aromatic carbocycles. The second-order valence-electron chi connectivity index (χ2n) is 4.55. The van der Waals surface area contributed by atoms with Crippen LogP contribution in [0.15, 0.2) is 24.3 Å². The molecule has 1 fully saturated rings. The van der Waals surface area contributed by atoms with E-state index in [1.165, 1.54) is 12.1 Å². The van der Waals surface area contributed by atoms with Crippen LogP contribution >= 0.6 is 11.6 Å². The van der Waals surface area contributed by atoms with Gasteiger partial charge in [0.05, 0.1) is 4.92 Å². The molecule has 0 bridgehead atoms. The van der Waals surface area contributed by atoms with E-state index >= 15 is 0 Å². The Hall–Kier alpha value is -1.62. The molecule has 0 atom stereocenters. The Morgan fingerprint density at radius 2 is 2.11 bits per heavy atom. The van der Waals surface area contributed by atoms with Crippen molar-refractivity contribution in [3.05, 3.63) is 39.9 Å². The Morgan fingerprint density at radius 1 is 1.42 bits per heavy atom. The van der Waals surface area contributed by atoms with E-state index in [9.17, 15) is 14.9 Å². The maximum Gasteiger partial charge on any atom is 0.282 e. The number of para-hydroxylation sites is 1. The van der Waals surface area contributed by atoms with Crippen LogP contribution in [0.3, 0.4) is 0 Å². The molecule has 2 rings (SSSR count). The fourth-order valence-electron chi connectivity index (χ4n) is 2.21. The number of benzene rings is 1. The van der Waals surface area contributed by atoms with Gasteiger partial charge in [-0.3, -0.25) is 14.9 Å². The zero-order chi connectivity index (χ0) is 13.8. The summed E-state index contributed by atoms with van der Waals surface area (Å²) in [5.41, 5.74) is -0.00378. The van der Waals surface area contributed by atoms with E-state index in [-0.39, 0.29) is 23.2 Å². The molecule has 0 saturated heterocycles. The van der Waals surface area contributed by atoms with Gasteiger partial charge in [-0.05, 0) is 25.3 Å². The zero-order valence-corrected chi connectivity index (χ0v) is 11.2. The van der Waals surface area contributed by atoms with E-state index in [0.29, 0.717) is 12.4 Å². The molecule has 5 nitrogen and oxygen atoms in total. The molecule has 0 N–H and O–H groups in total. The van der Waals surface area contributed by atoms with Crippen LogP contribution in [-0.2, 0) is 0 Å². The first-order valence-corrected chi connectivity index (χ1v) is 6.79. The second kappa shape index (κ2) is 6.02. The predicted molar refractivity (Wildman–Crippen MR) is 72.5 cm³/mol. The lowest BCUT2D eigenvalue weighted by Gasteiger charge is -2.37. The number of halogens is 1. The summed E-state index contributed by atoms with van der Waals surface area (Å²) in [6.07, 6.45) is 2.99. The Kier molecular flexibility index (Phi) is 4.37. The first-order valence-electron chi connectivity index (χ1n) is 6.25. The number of nitro benzene ring substituents is 1. The normalized spacial score (nSPS) is 14.8. The molecular formula is C13H15ClN2O3. The van der Waals surface area contributed by atoms with Crippen molar-refractivity contribution in [1.29, 1.82) is 0 Å². The Bertz CT molecular complexity index is 489. The molecule has 6 heteroatoms. The zero-order valence-electron chi connectivity index (χ0n) is 10.4. The maximum absolute atomic E-state index is 12.5. The third-order valence-corrected chi connectivity index (χ3v) is 3.60. The number of rotatable bonds is 5. The van der Waals surface area contributed by atoms with Gasteiger partial charge < -0.3 is 4.90 Å². The molecule has 1 aliphatic carbocycles. The third kappa shape index (κ3) is 2.87. The van der Waals surface area contributed by atoms with Crippen molar-refractivity contribution in [3.8, 4) is 0 Å². The summed E-state index contributed by atoms with van der Waals surface area (Å²) in [6.45, 7) is 0.428. The van der Waals surface area contributed by atoms with Gasteiger partial charge in [-0.2, -0.15) is 0 Å². The summed E-state index contributed by atoms with van der Waals surface area (Å²) in [6, 6.07) is 6.23. The lowest BCUT2D eigenvalue weighted by molar-refractivity contribution is -0.385. The average Bonchev–Trinajstić information content (AvgIpc) is 2.35. The highest BCUT2D eigenvalue weighted by Crippen LogP contribution is 2.28. The fourth-order valence-corrected chi connectivity index (χ4v) is 2.39. The van der Waals surface area contributed by atoms with Crippen molar-refractivity contribution in [3.63, 3.8) is 0 Å². The van der Waals surface area contributed by atoms with Gasteiger partial charge in [0.25, 0.3) is 11.6 Å². The second-order valence-corrected chi connectivity index (χ2v) is 4.92. The van der Waals surface area contributed by atoms with E-state index in [0.717, 1.165) is 19.3 Å². The molecule has 1 amide bonds. The summed E-state index contributed by atoms with van der Waals surface area (Å²) in [5, 5.41) is 11.0. The van der Waals surface area contributed by atoms with Crippen molar-refractivity contribution in [2.45, 2.75) is 25.3 Å². The first-order chi connectivity index (χ1) is 9.15. The molecule has 0 heterocycles. The number of nitro groups is 1. The Morgan fingerprint density at radius 3 is 2.63 bits per heavy atom. The smallest absolute Gasteiger partial charge is 0.282 e. The molecule has 1 aliphatic rings. The predicted octanol–water partition coefficient (Wildman–Crippen LogP) is 2.83. The molecule has 0 radical (unpaired) electrons. The minimum atomic E-state index is -0.521. The summed E-state index contributed by atoms with van der Waals surface area (Å²) in [7, 11) is 0. The van der Waals surface area contributed by atoms with Crippen LogP contribution in [-0.4, -0.2) is 34.2 Å². The van der Waals surface area contributed by atoms with Gasteiger partial charge in [0.2, 0.25) is 0 Å². The van der Waals surface area contributed by atoms with Crippen LogP contribution in [0, 0.1) is 10.1 Å². The number of hydrogen-bond donors (Lipinski definition) is 0. The molecule has 0 aromatic heterocycles. The van der Waals surface area contributed by atoms with Gasteiger partial charge in [0.15, 0.2) is 0 Å². The van der Waals surface area contributed by atoms with Gasteiger partial charge >= 0.3 is 0 Å². The summed E-state index contributed by atoms with van der Waals surface area (Å²) in [5.74, 6) is 0.0423. The van der Waals surface area contributed by atoms with Crippen LogP contribution in [0.4, 0.5) is 5.69 Å². The maximum atomic E-state index is 12.5. The number of alkyl halides is 1. The van der Waals surface area contributed by atoms with E-state index in [4.69, 9.17) is 11.6 Å². The molecule has 1 saturated carbocycles. The van der Waals surface area contributed by atoms with Crippen molar-refractivity contribution in [2.75, 3.05) is 12.4 Å². The van der Waals surface area contributed by atoms with Gasteiger partial charge in [0, 0.05) is 24.5 Å². The quantitative estimate of drug-likeness (QED) is 0.474. The first kappa shape index (κ1) is 13.8. The largest absolute Gasteiger partial charge is 0.334 e. The molecular weight excluding hydrogens is 268 g/mol. The highest BCUT2D eigenvalue weighted by atomic mass is 35.5. The van der Waals surface area contributed by atoms with E-state index in [1.807, 2.05) is 0 Å². The van der Waals surface area contributed by atoms with Crippen LogP contribution < -0.4 is 0 Å². The number of carbonyl (C=O) groups is 1. The minimum Gasteiger partial charge on any atom is -0.334 e. The lowest BCUT2D eigenvalue weighted by Crippen LogP contribution is -2.45. The SMILES string of the molecule is O=C(c1ccccc1[N+](=O)[O-])N(CCCl)C1CCC1. The third-order valence-electron chi connectivity index (χ3n) is 3.43. The molecule has 102 valence electrons. The van der Waals surface area contributed by atoms with Crippen molar-refractivity contribution in [2.24, 2.45) is 0 Å². The molecule has 0 aliphatic heterocycles. The van der Waals surface area contributed by atoms with E-state index in [1.54, 1.807) is 17.0 Å². The average molecular weight is 283 g/mol. The van der Waals surface area contributed by atoms with Crippen LogP contribution in [0.25, 0.3) is 0 Å². The van der Waals surface area contributed by atoms with Crippen LogP contribution in [0.2, 0.25) is 0 Å². The number of nitrogens with zero attached hydrogens (tertiary/aromatic N) is 2. The van der Waals surface area contributed by atoms with Crippen molar-refractivity contribution in [1.82, 2.24) is 4.90 Å². The van der Waals surface area contributed by atoms with Gasteiger partial charge in [-0.1, -0.05) is 12.1 Å².